The predicted octanol–water partition coefficient (Wildman–Crippen LogP) is 4.57. The van der Waals surface area contributed by atoms with Gasteiger partial charge in [0.05, 0.1) is 11.2 Å². The molecule has 7 nitrogen and oxygen atoms in total. The highest BCUT2D eigenvalue weighted by atomic mass is 35.5. The standard InChI is InChI=1S/C21H18F3N5O2S.ClH/c1-25-11-14-13-29(32(30,31)16-4-2-8-26-12-16)19-10-15(6-7-17(14)19)28-18-5-3-9-27-20(18)21(22,23)24;/h2-10,12-13,25,28H,11H2,1H3;1H. The summed E-state index contributed by atoms with van der Waals surface area (Å²) in [5.41, 5.74) is 0.0329. The third kappa shape index (κ3) is 4.80. The maximum atomic E-state index is 13.3. The van der Waals surface area contributed by atoms with Crippen LogP contribution < -0.4 is 10.6 Å². The van der Waals surface area contributed by atoms with Gasteiger partial charge in [-0.05, 0) is 49.0 Å². The van der Waals surface area contributed by atoms with Gasteiger partial charge in [-0.25, -0.2) is 17.4 Å². The van der Waals surface area contributed by atoms with Crippen LogP contribution in [0.1, 0.15) is 11.3 Å². The average molecular weight is 498 g/mol. The second-order valence-corrected chi connectivity index (χ2v) is 8.74. The molecule has 0 saturated carbocycles. The molecule has 0 aliphatic carbocycles. The highest BCUT2D eigenvalue weighted by molar-refractivity contribution is 7.90. The topological polar surface area (TPSA) is 88.9 Å². The Morgan fingerprint density at radius 1 is 1.09 bits per heavy atom. The van der Waals surface area contributed by atoms with Gasteiger partial charge in [0.2, 0.25) is 0 Å². The van der Waals surface area contributed by atoms with Gasteiger partial charge in [0.15, 0.2) is 5.69 Å². The van der Waals surface area contributed by atoms with Crippen LogP contribution in [0.4, 0.5) is 24.5 Å². The van der Waals surface area contributed by atoms with Gasteiger partial charge in [-0.2, -0.15) is 13.2 Å². The fraction of sp³-hybridized carbons (Fsp3) is 0.143. The lowest BCUT2D eigenvalue weighted by Crippen LogP contribution is -2.13. The van der Waals surface area contributed by atoms with Gasteiger partial charge in [0.25, 0.3) is 10.0 Å². The number of aromatic nitrogens is 3. The lowest BCUT2D eigenvalue weighted by Gasteiger charge is -2.14. The van der Waals surface area contributed by atoms with E-state index in [4.69, 9.17) is 0 Å². The normalized spacial score (nSPS) is 11.9. The largest absolute Gasteiger partial charge is 0.435 e. The fourth-order valence-electron chi connectivity index (χ4n) is 3.37. The van der Waals surface area contributed by atoms with E-state index in [1.807, 2.05) is 0 Å². The fourth-order valence-corrected chi connectivity index (χ4v) is 4.72. The number of alkyl halides is 3. The van der Waals surface area contributed by atoms with Crippen molar-refractivity contribution in [1.29, 1.82) is 0 Å². The van der Waals surface area contributed by atoms with Crippen LogP contribution in [0.25, 0.3) is 10.9 Å². The van der Waals surface area contributed by atoms with E-state index in [0.29, 0.717) is 17.4 Å². The number of rotatable bonds is 6. The molecular weight excluding hydrogens is 479 g/mol. The second kappa shape index (κ2) is 9.38. The third-order valence-corrected chi connectivity index (χ3v) is 6.43. The first-order valence-corrected chi connectivity index (χ1v) is 10.9. The van der Waals surface area contributed by atoms with Crippen molar-refractivity contribution >= 4 is 44.7 Å². The van der Waals surface area contributed by atoms with Gasteiger partial charge in [-0.3, -0.25) is 4.98 Å². The Balaban J connectivity index is 0.00000306. The summed E-state index contributed by atoms with van der Waals surface area (Å²) >= 11 is 0. The SMILES string of the molecule is CNCc1cn(S(=O)(=O)c2cccnc2)c2cc(Nc3cccnc3C(F)(F)F)ccc12.Cl. The van der Waals surface area contributed by atoms with Crippen LogP contribution in [0.15, 0.2) is 72.1 Å². The minimum atomic E-state index is -4.64. The number of pyridine rings is 2. The molecule has 1 aromatic carbocycles. The molecule has 0 fully saturated rings. The number of nitrogens with one attached hydrogen (secondary N) is 2. The molecule has 0 spiro atoms. The summed E-state index contributed by atoms with van der Waals surface area (Å²) in [6, 6.07) is 10.4. The van der Waals surface area contributed by atoms with Crippen LogP contribution in [0.2, 0.25) is 0 Å². The van der Waals surface area contributed by atoms with Gasteiger partial charge < -0.3 is 10.6 Å². The molecule has 0 unspecified atom stereocenters. The van der Waals surface area contributed by atoms with Crippen molar-refractivity contribution in [2.45, 2.75) is 17.6 Å². The van der Waals surface area contributed by atoms with Gasteiger partial charge >= 0.3 is 6.18 Å². The Hall–Kier alpha value is -3.15. The van der Waals surface area contributed by atoms with Crippen LogP contribution in [0, 0.1) is 0 Å². The first kappa shape index (κ1) is 24.5. The molecule has 0 aliphatic rings. The number of anilines is 2. The molecule has 0 bridgehead atoms. The van der Waals surface area contributed by atoms with Crippen molar-refractivity contribution in [3.05, 3.63) is 78.5 Å². The molecule has 4 aromatic rings. The summed E-state index contributed by atoms with van der Waals surface area (Å²) in [7, 11) is -2.25. The van der Waals surface area contributed by atoms with Crippen molar-refractivity contribution in [2.75, 3.05) is 12.4 Å². The Morgan fingerprint density at radius 3 is 2.52 bits per heavy atom. The van der Waals surface area contributed by atoms with Crippen LogP contribution in [0.5, 0.6) is 0 Å². The zero-order valence-electron chi connectivity index (χ0n) is 17.2. The zero-order chi connectivity index (χ0) is 22.9. The lowest BCUT2D eigenvalue weighted by molar-refractivity contribution is -0.140. The third-order valence-electron chi connectivity index (χ3n) is 4.77. The average Bonchev–Trinajstić information content (AvgIpc) is 3.13. The lowest BCUT2D eigenvalue weighted by atomic mass is 10.1. The molecule has 4 rings (SSSR count). The van der Waals surface area contributed by atoms with Crippen molar-refractivity contribution in [3.63, 3.8) is 0 Å². The summed E-state index contributed by atoms with van der Waals surface area (Å²) in [4.78, 5) is 7.30. The maximum absolute atomic E-state index is 13.3. The number of halogens is 4. The number of benzene rings is 1. The smallest absolute Gasteiger partial charge is 0.354 e. The Labute approximate surface area is 194 Å². The van der Waals surface area contributed by atoms with Crippen molar-refractivity contribution in [1.82, 2.24) is 19.3 Å². The minimum Gasteiger partial charge on any atom is -0.354 e. The van der Waals surface area contributed by atoms with Crippen LogP contribution in [-0.4, -0.2) is 29.4 Å². The Morgan fingerprint density at radius 2 is 1.85 bits per heavy atom. The van der Waals surface area contributed by atoms with Gasteiger partial charge in [0, 0.05) is 42.4 Å². The van der Waals surface area contributed by atoms with E-state index in [0.717, 1.165) is 15.7 Å². The molecule has 0 saturated heterocycles. The van der Waals surface area contributed by atoms with E-state index >= 15 is 0 Å². The van der Waals surface area contributed by atoms with Crippen molar-refractivity contribution in [3.8, 4) is 0 Å². The molecule has 12 heteroatoms. The first-order chi connectivity index (χ1) is 15.2. The van der Waals surface area contributed by atoms with Crippen molar-refractivity contribution in [2.24, 2.45) is 0 Å². The van der Waals surface area contributed by atoms with Gasteiger partial charge in [-0.1, -0.05) is 6.07 Å². The molecular formula is C21H19ClF3N5O2S. The zero-order valence-corrected chi connectivity index (χ0v) is 18.8. The molecule has 2 N–H and O–H groups in total. The van der Waals surface area contributed by atoms with Gasteiger partial charge in [0.1, 0.15) is 4.90 Å². The van der Waals surface area contributed by atoms with Crippen LogP contribution in [-0.2, 0) is 22.7 Å². The number of nitrogens with zero attached hydrogens (tertiary/aromatic N) is 3. The molecule has 0 atom stereocenters. The molecule has 0 radical (unpaired) electrons. The highest BCUT2D eigenvalue weighted by Gasteiger charge is 2.35. The number of fused-ring (bicyclic) bond motifs is 1. The summed E-state index contributed by atoms with van der Waals surface area (Å²) in [6.07, 6.45) is 0.627. The predicted molar refractivity (Wildman–Crippen MR) is 121 cm³/mol. The van der Waals surface area contributed by atoms with Crippen LogP contribution >= 0.6 is 12.4 Å². The highest BCUT2D eigenvalue weighted by Crippen LogP contribution is 2.35. The number of hydrogen-bond acceptors (Lipinski definition) is 6. The molecule has 33 heavy (non-hydrogen) atoms. The first-order valence-electron chi connectivity index (χ1n) is 9.45. The summed E-state index contributed by atoms with van der Waals surface area (Å²) in [5, 5.41) is 6.35. The molecule has 174 valence electrons. The molecule has 3 heterocycles. The monoisotopic (exact) mass is 497 g/mol. The van der Waals surface area contributed by atoms with Gasteiger partial charge in [-0.15, -0.1) is 12.4 Å². The Kier molecular flexibility index (Phi) is 6.96. The van der Waals surface area contributed by atoms with Crippen LogP contribution in [0.3, 0.4) is 0 Å². The Bertz CT molecular complexity index is 1380. The summed E-state index contributed by atoms with van der Waals surface area (Å²) < 4.78 is 67.5. The van der Waals surface area contributed by atoms with E-state index in [1.54, 1.807) is 19.2 Å². The van der Waals surface area contributed by atoms with E-state index in [9.17, 15) is 21.6 Å². The van der Waals surface area contributed by atoms with E-state index in [-0.39, 0.29) is 28.7 Å². The summed E-state index contributed by atoms with van der Waals surface area (Å²) in [6.45, 7) is 0.402. The maximum Gasteiger partial charge on any atom is 0.435 e. The van der Waals surface area contributed by atoms with E-state index in [2.05, 4.69) is 20.6 Å². The second-order valence-electron chi connectivity index (χ2n) is 6.93. The quantitative estimate of drug-likeness (QED) is 0.405. The molecule has 0 amide bonds. The summed E-state index contributed by atoms with van der Waals surface area (Å²) in [5.74, 6) is 0. The van der Waals surface area contributed by atoms with Crippen molar-refractivity contribution < 1.29 is 21.6 Å². The molecule has 3 aromatic heterocycles. The van der Waals surface area contributed by atoms with E-state index < -0.39 is 21.9 Å². The number of hydrogen-bond donors (Lipinski definition) is 2. The molecule has 0 aliphatic heterocycles. The minimum absolute atomic E-state index is 0. The van der Waals surface area contributed by atoms with E-state index in [1.165, 1.54) is 48.9 Å².